The summed E-state index contributed by atoms with van der Waals surface area (Å²) in [6.45, 7) is 2.05. The number of nitrogens with one attached hydrogen (secondary N) is 2. The van der Waals surface area contributed by atoms with Crippen molar-refractivity contribution in [2.45, 2.75) is 18.2 Å². The van der Waals surface area contributed by atoms with Crippen LogP contribution in [0.2, 0.25) is 0 Å². The number of hydrogen-bond donors (Lipinski definition) is 2. The molecule has 0 spiro atoms. The van der Waals surface area contributed by atoms with Gasteiger partial charge in [-0.25, -0.2) is 8.42 Å². The van der Waals surface area contributed by atoms with Gasteiger partial charge in [-0.15, -0.1) is 0 Å². The molecule has 0 fully saturated rings. The van der Waals surface area contributed by atoms with Gasteiger partial charge in [-0.05, 0) is 24.6 Å². The monoisotopic (exact) mass is 487 g/mol. The van der Waals surface area contributed by atoms with Crippen molar-refractivity contribution in [2.75, 3.05) is 31.4 Å². The zero-order chi connectivity index (χ0) is 24.5. The highest BCUT2D eigenvalue weighted by molar-refractivity contribution is 7.93. The van der Waals surface area contributed by atoms with Crippen molar-refractivity contribution < 1.29 is 27.2 Å². The van der Waals surface area contributed by atoms with Gasteiger partial charge in [-0.1, -0.05) is 18.1 Å². The topological polar surface area (TPSA) is 130 Å². The molecule has 0 saturated heterocycles. The number of fused-ring (bicyclic) bond motifs is 1. The number of methoxy groups -OCH3 is 3. The maximum Gasteiger partial charge on any atom is 0.270 e. The van der Waals surface area contributed by atoms with Crippen LogP contribution in [-0.2, 0) is 23.5 Å². The van der Waals surface area contributed by atoms with Crippen molar-refractivity contribution in [3.8, 4) is 17.2 Å². The minimum absolute atomic E-state index is 0.00101. The molecule has 0 radical (unpaired) electrons. The molecule has 11 nitrogen and oxygen atoms in total. The number of aromatic nitrogens is 3. The second kappa shape index (κ2) is 9.14. The average Bonchev–Trinajstić information content (AvgIpc) is 3.39. The Bertz CT molecular complexity index is 1420. The van der Waals surface area contributed by atoms with E-state index in [-0.39, 0.29) is 22.2 Å². The Morgan fingerprint density at radius 3 is 2.29 bits per heavy atom. The predicted molar refractivity (Wildman–Crippen MR) is 127 cm³/mol. The number of aryl methyl sites for hydroxylation is 2. The minimum Gasteiger partial charge on any atom is -0.495 e. The second-order valence-electron chi connectivity index (χ2n) is 7.30. The third-order valence-electron chi connectivity index (χ3n) is 5.28. The van der Waals surface area contributed by atoms with Gasteiger partial charge in [0.25, 0.3) is 10.0 Å². The van der Waals surface area contributed by atoms with Gasteiger partial charge < -0.3 is 24.1 Å². The summed E-state index contributed by atoms with van der Waals surface area (Å²) < 4.78 is 52.1. The van der Waals surface area contributed by atoms with Crippen LogP contribution in [0.3, 0.4) is 0 Å². The number of nitrogens with zero attached hydrogens (tertiary/aromatic N) is 3. The summed E-state index contributed by atoms with van der Waals surface area (Å²) in [4.78, 5) is -0.150. The summed E-state index contributed by atoms with van der Waals surface area (Å²) in [6.07, 6.45) is 0.837. The minimum atomic E-state index is -4.14. The van der Waals surface area contributed by atoms with Crippen LogP contribution in [-0.4, -0.2) is 44.7 Å². The number of anilines is 3. The van der Waals surface area contributed by atoms with E-state index < -0.39 is 10.0 Å². The van der Waals surface area contributed by atoms with Crippen LogP contribution in [0.15, 0.2) is 45.8 Å². The molecule has 2 heterocycles. The Balaban J connectivity index is 1.72. The summed E-state index contributed by atoms with van der Waals surface area (Å²) >= 11 is 0. The van der Waals surface area contributed by atoms with Crippen LogP contribution < -0.4 is 24.2 Å². The van der Waals surface area contributed by atoms with E-state index in [9.17, 15) is 8.42 Å². The summed E-state index contributed by atoms with van der Waals surface area (Å²) in [5.41, 5.74) is 2.00. The molecular weight excluding hydrogens is 462 g/mol. The van der Waals surface area contributed by atoms with E-state index in [0.29, 0.717) is 28.2 Å². The molecule has 4 rings (SSSR count). The molecule has 180 valence electrons. The fourth-order valence-corrected chi connectivity index (χ4v) is 4.94. The zero-order valence-corrected chi connectivity index (χ0v) is 20.2. The van der Waals surface area contributed by atoms with E-state index in [1.54, 1.807) is 22.9 Å². The molecule has 12 heteroatoms. The molecule has 0 aliphatic rings. The van der Waals surface area contributed by atoms with Crippen LogP contribution in [0.5, 0.6) is 17.2 Å². The van der Waals surface area contributed by atoms with E-state index in [0.717, 1.165) is 12.1 Å². The first-order valence-corrected chi connectivity index (χ1v) is 11.8. The molecule has 0 unspecified atom stereocenters. The average molecular weight is 488 g/mol. The maximum absolute atomic E-state index is 13.2. The van der Waals surface area contributed by atoms with Crippen molar-refractivity contribution in [3.63, 3.8) is 0 Å². The van der Waals surface area contributed by atoms with Gasteiger partial charge >= 0.3 is 0 Å². The van der Waals surface area contributed by atoms with Gasteiger partial charge in [0.1, 0.15) is 17.2 Å². The lowest BCUT2D eigenvalue weighted by atomic mass is 10.2. The van der Waals surface area contributed by atoms with Crippen LogP contribution >= 0.6 is 0 Å². The summed E-state index contributed by atoms with van der Waals surface area (Å²) in [7, 11) is 2.01. The van der Waals surface area contributed by atoms with Crippen molar-refractivity contribution in [3.05, 3.63) is 42.1 Å². The van der Waals surface area contributed by atoms with E-state index in [1.807, 2.05) is 20.0 Å². The molecule has 0 aliphatic carbocycles. The quantitative estimate of drug-likeness (QED) is 0.363. The molecule has 0 atom stereocenters. The first kappa shape index (κ1) is 23.2. The number of ether oxygens (including phenoxy) is 3. The fraction of sp³-hybridized carbons (Fsp3) is 0.273. The normalized spacial score (nSPS) is 11.4. The Morgan fingerprint density at radius 1 is 1.03 bits per heavy atom. The van der Waals surface area contributed by atoms with Crippen LogP contribution in [0.25, 0.3) is 11.0 Å². The first-order valence-electron chi connectivity index (χ1n) is 10.3. The maximum atomic E-state index is 13.2. The zero-order valence-electron chi connectivity index (χ0n) is 19.4. The van der Waals surface area contributed by atoms with Gasteiger partial charge in [-0.3, -0.25) is 9.40 Å². The lowest BCUT2D eigenvalue weighted by Crippen LogP contribution is -2.15. The van der Waals surface area contributed by atoms with E-state index in [4.69, 9.17) is 18.7 Å². The molecule has 4 aromatic rings. The Labute approximate surface area is 196 Å². The summed E-state index contributed by atoms with van der Waals surface area (Å²) in [5.74, 6) is 1.35. The van der Waals surface area contributed by atoms with Crippen molar-refractivity contribution in [1.29, 1.82) is 0 Å². The van der Waals surface area contributed by atoms with Gasteiger partial charge in [0.05, 0.1) is 32.4 Å². The fourth-order valence-electron chi connectivity index (χ4n) is 3.60. The highest BCUT2D eigenvalue weighted by Gasteiger charge is 2.27. The number of benzene rings is 2. The second-order valence-corrected chi connectivity index (χ2v) is 8.92. The third kappa shape index (κ3) is 4.19. The van der Waals surface area contributed by atoms with Gasteiger partial charge in [0.15, 0.2) is 22.1 Å². The van der Waals surface area contributed by atoms with Crippen molar-refractivity contribution in [2.24, 2.45) is 7.05 Å². The van der Waals surface area contributed by atoms with Gasteiger partial charge in [0.2, 0.25) is 0 Å². The third-order valence-corrected chi connectivity index (χ3v) is 6.68. The molecule has 0 saturated carbocycles. The number of sulfonamides is 1. The molecule has 34 heavy (non-hydrogen) atoms. The Kier molecular flexibility index (Phi) is 6.24. The van der Waals surface area contributed by atoms with Crippen LogP contribution in [0.4, 0.5) is 17.3 Å². The summed E-state index contributed by atoms with van der Waals surface area (Å²) in [5, 5.41) is 12.0. The molecule has 0 aliphatic heterocycles. The lowest BCUT2D eigenvalue weighted by molar-refractivity contribution is 0.373. The van der Waals surface area contributed by atoms with Crippen molar-refractivity contribution >= 4 is 38.3 Å². The number of rotatable bonds is 9. The van der Waals surface area contributed by atoms with Gasteiger partial charge in [-0.2, -0.15) is 5.10 Å². The molecule has 2 aromatic heterocycles. The van der Waals surface area contributed by atoms with Crippen molar-refractivity contribution in [1.82, 2.24) is 14.9 Å². The molecule has 2 N–H and O–H groups in total. The largest absolute Gasteiger partial charge is 0.495 e. The SMILES string of the molecule is CCc1cc(Nc2cc3onc(NS(=O)(=O)c4c(OC)cccc4OC)c3cc2OC)nn1C. The number of hydrogen-bond acceptors (Lipinski definition) is 9. The van der Waals surface area contributed by atoms with E-state index in [1.165, 1.54) is 33.5 Å². The van der Waals surface area contributed by atoms with E-state index >= 15 is 0 Å². The summed E-state index contributed by atoms with van der Waals surface area (Å²) in [6, 6.07) is 9.93. The Hall–Kier alpha value is -3.93. The highest BCUT2D eigenvalue weighted by atomic mass is 32.2. The van der Waals surface area contributed by atoms with Crippen LogP contribution in [0, 0.1) is 0 Å². The standard InChI is InChI=1S/C22H25N5O6S/c1-6-13-10-20(24-27(13)2)23-15-12-18-14(11-19(15)32-5)22(25-33-18)26-34(28,29)21-16(30-3)8-7-9-17(21)31-4/h7-12H,6H2,1-5H3,(H,23,24)(H,25,26). The van der Waals surface area contributed by atoms with Gasteiger partial charge in [0, 0.05) is 24.9 Å². The highest BCUT2D eigenvalue weighted by Crippen LogP contribution is 2.38. The molecule has 2 aromatic carbocycles. The lowest BCUT2D eigenvalue weighted by Gasteiger charge is -2.14. The van der Waals surface area contributed by atoms with E-state index in [2.05, 4.69) is 20.3 Å². The first-order chi connectivity index (χ1) is 16.3. The Morgan fingerprint density at radius 2 is 1.71 bits per heavy atom. The molecule has 0 amide bonds. The molecular formula is C22H25N5O6S. The smallest absolute Gasteiger partial charge is 0.270 e. The molecule has 0 bridgehead atoms. The predicted octanol–water partition coefficient (Wildman–Crippen LogP) is 3.69. The van der Waals surface area contributed by atoms with Crippen LogP contribution in [0.1, 0.15) is 12.6 Å².